The minimum Gasteiger partial charge on any atom is -0.379 e. The summed E-state index contributed by atoms with van der Waals surface area (Å²) >= 11 is 0. The Hall–Kier alpha value is -2.75. The lowest BCUT2D eigenvalue weighted by Gasteiger charge is -2.30. The minimum absolute atomic E-state index is 0.111. The molecular formula is C22H31N7O2. The second-order valence-corrected chi connectivity index (χ2v) is 8.21. The van der Waals surface area contributed by atoms with Crippen LogP contribution in [0.3, 0.4) is 0 Å². The van der Waals surface area contributed by atoms with Gasteiger partial charge in [-0.1, -0.05) is 18.9 Å². The number of hydrogen-bond acceptors (Lipinski definition) is 8. The van der Waals surface area contributed by atoms with Gasteiger partial charge in [-0.25, -0.2) is 9.97 Å². The third-order valence-corrected chi connectivity index (χ3v) is 5.85. The van der Waals surface area contributed by atoms with Crippen LogP contribution in [0.4, 0.5) is 17.2 Å². The average molecular weight is 426 g/mol. The molecule has 4 rings (SSSR count). The van der Waals surface area contributed by atoms with Crippen LogP contribution in [-0.2, 0) is 11.3 Å². The Morgan fingerprint density at radius 1 is 1.23 bits per heavy atom. The molecule has 31 heavy (non-hydrogen) atoms. The number of hydrogen-bond donors (Lipinski definition) is 4. The van der Waals surface area contributed by atoms with Crippen molar-refractivity contribution < 1.29 is 9.53 Å². The Kier molecular flexibility index (Phi) is 6.96. The molecule has 1 amide bonds. The van der Waals surface area contributed by atoms with Gasteiger partial charge in [-0.15, -0.1) is 0 Å². The van der Waals surface area contributed by atoms with Crippen LogP contribution in [0.2, 0.25) is 0 Å². The molecule has 3 heterocycles. The highest BCUT2D eigenvalue weighted by Crippen LogP contribution is 2.25. The second kappa shape index (κ2) is 10.0. The van der Waals surface area contributed by atoms with E-state index < -0.39 is 5.91 Å². The smallest absolute Gasteiger partial charge is 0.269 e. The number of ether oxygens (including phenoxy) is 1. The van der Waals surface area contributed by atoms with Crippen LogP contribution in [0, 0.1) is 0 Å². The maximum absolute atomic E-state index is 11.9. The number of aromatic nitrogens is 2. The maximum Gasteiger partial charge on any atom is 0.269 e. The highest BCUT2D eigenvalue weighted by Gasteiger charge is 2.22. The molecule has 166 valence electrons. The normalized spacial score (nSPS) is 22.1. The summed E-state index contributed by atoms with van der Waals surface area (Å²) in [6, 6.07) is 7.97. The van der Waals surface area contributed by atoms with Crippen LogP contribution in [0.15, 0.2) is 30.5 Å². The third-order valence-electron chi connectivity index (χ3n) is 5.85. The van der Waals surface area contributed by atoms with E-state index in [1.54, 1.807) is 6.20 Å². The Balaban J connectivity index is 1.50. The first-order chi connectivity index (χ1) is 15.1. The molecule has 0 radical (unpaired) electrons. The Labute approximate surface area is 182 Å². The predicted octanol–water partition coefficient (Wildman–Crippen LogP) is 1.83. The molecule has 1 saturated carbocycles. The van der Waals surface area contributed by atoms with Crippen LogP contribution in [0.5, 0.6) is 0 Å². The molecule has 2 aromatic rings. The summed E-state index contributed by atoms with van der Waals surface area (Å²) in [6.45, 7) is 4.03. The van der Waals surface area contributed by atoms with E-state index in [1.807, 2.05) is 24.3 Å². The SMILES string of the molecule is NC(=O)c1ncc(N[C@@H]2CCCC[C@@H]2N)cc1Nc1cccc(CN2CCOCC2)n1. The fraction of sp³-hybridized carbons (Fsp3) is 0.500. The lowest BCUT2D eigenvalue weighted by molar-refractivity contribution is 0.0337. The number of nitrogens with two attached hydrogens (primary N) is 2. The van der Waals surface area contributed by atoms with E-state index in [9.17, 15) is 4.79 Å². The molecule has 2 aromatic heterocycles. The van der Waals surface area contributed by atoms with Crippen molar-refractivity contribution in [2.75, 3.05) is 36.9 Å². The van der Waals surface area contributed by atoms with Crippen molar-refractivity contribution in [2.24, 2.45) is 11.5 Å². The summed E-state index contributed by atoms with van der Waals surface area (Å²) in [7, 11) is 0. The maximum atomic E-state index is 11.9. The molecule has 9 heteroatoms. The van der Waals surface area contributed by atoms with Gasteiger partial charge >= 0.3 is 0 Å². The number of pyridine rings is 2. The Morgan fingerprint density at radius 2 is 2.03 bits per heavy atom. The number of nitrogens with zero attached hydrogens (tertiary/aromatic N) is 3. The summed E-state index contributed by atoms with van der Waals surface area (Å²) < 4.78 is 5.41. The van der Waals surface area contributed by atoms with Crippen LogP contribution in [0.25, 0.3) is 0 Å². The van der Waals surface area contributed by atoms with Gasteiger partial charge in [-0.3, -0.25) is 9.69 Å². The molecule has 1 saturated heterocycles. The predicted molar refractivity (Wildman–Crippen MR) is 120 cm³/mol. The van der Waals surface area contributed by atoms with Gasteiger partial charge in [0, 0.05) is 31.7 Å². The van der Waals surface area contributed by atoms with Crippen molar-refractivity contribution >= 4 is 23.1 Å². The van der Waals surface area contributed by atoms with Crippen molar-refractivity contribution in [3.05, 3.63) is 41.9 Å². The largest absolute Gasteiger partial charge is 0.379 e. The molecule has 6 N–H and O–H groups in total. The number of carbonyl (C=O) groups is 1. The molecule has 2 atom stereocenters. The third kappa shape index (κ3) is 5.69. The molecule has 0 aromatic carbocycles. The first-order valence-corrected chi connectivity index (χ1v) is 10.9. The molecule has 0 bridgehead atoms. The lowest BCUT2D eigenvalue weighted by atomic mass is 9.91. The fourth-order valence-corrected chi connectivity index (χ4v) is 4.15. The fourth-order valence-electron chi connectivity index (χ4n) is 4.15. The highest BCUT2D eigenvalue weighted by atomic mass is 16.5. The molecular weight excluding hydrogens is 394 g/mol. The van der Waals surface area contributed by atoms with Gasteiger partial charge in [0.15, 0.2) is 5.69 Å². The van der Waals surface area contributed by atoms with E-state index in [2.05, 4.69) is 20.5 Å². The van der Waals surface area contributed by atoms with E-state index in [1.165, 1.54) is 0 Å². The van der Waals surface area contributed by atoms with Crippen LogP contribution in [-0.4, -0.2) is 59.2 Å². The zero-order valence-corrected chi connectivity index (χ0v) is 17.7. The van der Waals surface area contributed by atoms with E-state index in [0.29, 0.717) is 11.5 Å². The van der Waals surface area contributed by atoms with Gasteiger partial charge in [-0.2, -0.15) is 0 Å². The number of rotatable bonds is 7. The van der Waals surface area contributed by atoms with Crippen LogP contribution >= 0.6 is 0 Å². The molecule has 2 fully saturated rings. The van der Waals surface area contributed by atoms with Gasteiger partial charge in [-0.05, 0) is 31.0 Å². The van der Waals surface area contributed by atoms with Crippen molar-refractivity contribution in [3.8, 4) is 0 Å². The van der Waals surface area contributed by atoms with Gasteiger partial charge in [0.05, 0.1) is 36.5 Å². The summed E-state index contributed by atoms with van der Waals surface area (Å²) in [4.78, 5) is 23.2. The quantitative estimate of drug-likeness (QED) is 0.528. The van der Waals surface area contributed by atoms with Crippen molar-refractivity contribution in [1.82, 2.24) is 14.9 Å². The molecule has 0 spiro atoms. The summed E-state index contributed by atoms with van der Waals surface area (Å²) in [5.41, 5.74) is 14.3. The summed E-state index contributed by atoms with van der Waals surface area (Å²) in [6.07, 6.45) is 5.98. The van der Waals surface area contributed by atoms with Gasteiger partial charge in [0.1, 0.15) is 5.82 Å². The zero-order valence-electron chi connectivity index (χ0n) is 17.7. The van der Waals surface area contributed by atoms with Crippen molar-refractivity contribution in [2.45, 2.75) is 44.3 Å². The van der Waals surface area contributed by atoms with Crippen molar-refractivity contribution in [3.63, 3.8) is 0 Å². The molecule has 9 nitrogen and oxygen atoms in total. The monoisotopic (exact) mass is 425 g/mol. The van der Waals surface area contributed by atoms with E-state index in [0.717, 1.165) is 69.9 Å². The van der Waals surface area contributed by atoms with Gasteiger partial charge in [0.2, 0.25) is 0 Å². The minimum atomic E-state index is -0.590. The first kappa shape index (κ1) is 21.5. The van der Waals surface area contributed by atoms with Crippen molar-refractivity contribution in [1.29, 1.82) is 0 Å². The van der Waals surface area contributed by atoms with E-state index >= 15 is 0 Å². The Bertz CT molecular complexity index is 901. The van der Waals surface area contributed by atoms with Crippen LogP contribution < -0.4 is 22.1 Å². The molecule has 1 aliphatic carbocycles. The van der Waals surface area contributed by atoms with E-state index in [4.69, 9.17) is 21.2 Å². The zero-order chi connectivity index (χ0) is 21.6. The average Bonchev–Trinajstić information content (AvgIpc) is 2.76. The Morgan fingerprint density at radius 3 is 2.81 bits per heavy atom. The van der Waals surface area contributed by atoms with Gasteiger partial charge < -0.3 is 26.8 Å². The highest BCUT2D eigenvalue weighted by molar-refractivity contribution is 5.97. The summed E-state index contributed by atoms with van der Waals surface area (Å²) in [5, 5.41) is 6.70. The molecule has 2 aliphatic rings. The first-order valence-electron chi connectivity index (χ1n) is 10.9. The summed E-state index contributed by atoms with van der Waals surface area (Å²) in [5.74, 6) is 0.0504. The number of primary amides is 1. The number of nitrogens with one attached hydrogen (secondary N) is 2. The molecule has 0 unspecified atom stereocenters. The van der Waals surface area contributed by atoms with E-state index in [-0.39, 0.29) is 17.8 Å². The number of amides is 1. The topological polar surface area (TPSA) is 131 Å². The number of carbonyl (C=O) groups excluding carboxylic acids is 1. The molecule has 1 aliphatic heterocycles. The van der Waals surface area contributed by atoms with Crippen LogP contribution in [0.1, 0.15) is 41.9 Å². The second-order valence-electron chi connectivity index (χ2n) is 8.21. The number of anilines is 3. The lowest BCUT2D eigenvalue weighted by Crippen LogP contribution is -2.42. The number of morpholine rings is 1. The van der Waals surface area contributed by atoms with Gasteiger partial charge in [0.25, 0.3) is 5.91 Å². The standard InChI is InChI=1S/C22H31N7O2/c23-17-5-1-2-6-18(17)26-16-12-19(21(22(24)30)25-13-16)28-20-7-3-4-15(27-20)14-29-8-10-31-11-9-29/h3-4,7,12-13,17-18,26H,1-2,5-6,8-11,14,23H2,(H2,24,30)(H,27,28)/t17-,18+/m0/s1.